The molecule has 1 heterocycles. The summed E-state index contributed by atoms with van der Waals surface area (Å²) >= 11 is 6.40. The van der Waals surface area contributed by atoms with Gasteiger partial charge >= 0.3 is 5.97 Å². The second-order valence-electron chi connectivity index (χ2n) is 6.14. The fourth-order valence-electron chi connectivity index (χ4n) is 3.15. The summed E-state index contributed by atoms with van der Waals surface area (Å²) in [6.45, 7) is 1.86. The van der Waals surface area contributed by atoms with E-state index in [1.807, 2.05) is 0 Å². The van der Waals surface area contributed by atoms with E-state index in [-0.39, 0.29) is 29.4 Å². The number of benzene rings is 2. The molecule has 2 aromatic carbocycles. The summed E-state index contributed by atoms with van der Waals surface area (Å²) in [7, 11) is 1.56. The number of allylic oxidation sites excluding steroid dienone is 1. The molecule has 6 nitrogen and oxygen atoms in total. The molecule has 1 unspecified atom stereocenters. The van der Waals surface area contributed by atoms with Gasteiger partial charge in [0, 0.05) is 10.6 Å². The standard InChI is InChI=1S/C22H19ClN2O4/c1-3-28-22(26)19-18(15-6-4-5-7-17(15)23)16(12-24)21(25)29-20(19)13-8-10-14(27-2)11-9-13/h4-11,18H,3,25H2,1-2H3. The normalized spacial score (nSPS) is 16.1. The Morgan fingerprint density at radius 2 is 1.93 bits per heavy atom. The first-order valence-corrected chi connectivity index (χ1v) is 9.27. The molecule has 0 radical (unpaired) electrons. The van der Waals surface area contributed by atoms with Crippen LogP contribution < -0.4 is 10.5 Å². The van der Waals surface area contributed by atoms with Crippen molar-refractivity contribution in [3.8, 4) is 11.8 Å². The van der Waals surface area contributed by atoms with Crippen LogP contribution in [0.1, 0.15) is 24.0 Å². The fourth-order valence-corrected chi connectivity index (χ4v) is 3.40. The highest BCUT2D eigenvalue weighted by molar-refractivity contribution is 6.31. The van der Waals surface area contributed by atoms with Gasteiger partial charge in [-0.2, -0.15) is 5.26 Å². The molecule has 0 spiro atoms. The Labute approximate surface area is 173 Å². The summed E-state index contributed by atoms with van der Waals surface area (Å²) in [5.41, 5.74) is 7.48. The van der Waals surface area contributed by atoms with Crippen LogP contribution in [-0.2, 0) is 14.3 Å². The van der Waals surface area contributed by atoms with E-state index in [0.717, 1.165) is 0 Å². The molecular weight excluding hydrogens is 392 g/mol. The van der Waals surface area contributed by atoms with Crippen molar-refractivity contribution in [2.75, 3.05) is 13.7 Å². The van der Waals surface area contributed by atoms with Crippen LogP contribution in [0.3, 0.4) is 0 Å². The third-order valence-corrected chi connectivity index (χ3v) is 4.83. The molecule has 2 N–H and O–H groups in total. The van der Waals surface area contributed by atoms with Gasteiger partial charge in [-0.15, -0.1) is 0 Å². The van der Waals surface area contributed by atoms with Crippen molar-refractivity contribution >= 4 is 23.3 Å². The number of nitrogens with zero attached hydrogens (tertiary/aromatic N) is 1. The molecule has 0 fully saturated rings. The quantitative estimate of drug-likeness (QED) is 0.744. The fraction of sp³-hybridized carbons (Fsp3) is 0.182. The molecule has 2 aromatic rings. The largest absolute Gasteiger partial charge is 0.497 e. The zero-order valence-corrected chi connectivity index (χ0v) is 16.7. The van der Waals surface area contributed by atoms with Gasteiger partial charge in [0.2, 0.25) is 5.88 Å². The molecule has 0 aromatic heterocycles. The summed E-state index contributed by atoms with van der Waals surface area (Å²) in [4.78, 5) is 13.0. The lowest BCUT2D eigenvalue weighted by Crippen LogP contribution is -2.26. The van der Waals surface area contributed by atoms with E-state index in [1.54, 1.807) is 62.6 Å². The first-order valence-electron chi connectivity index (χ1n) is 8.89. The average Bonchev–Trinajstić information content (AvgIpc) is 2.73. The Hall–Kier alpha value is -3.43. The second kappa shape index (κ2) is 8.72. The summed E-state index contributed by atoms with van der Waals surface area (Å²) in [5.74, 6) is -0.655. The first kappa shape index (κ1) is 20.3. The highest BCUT2D eigenvalue weighted by Crippen LogP contribution is 2.44. The number of carbonyl (C=O) groups is 1. The second-order valence-corrected chi connectivity index (χ2v) is 6.55. The highest BCUT2D eigenvalue weighted by atomic mass is 35.5. The van der Waals surface area contributed by atoms with Crippen molar-refractivity contribution in [1.29, 1.82) is 5.26 Å². The lowest BCUT2D eigenvalue weighted by Gasteiger charge is -2.28. The molecule has 1 aliphatic rings. The predicted octanol–water partition coefficient (Wildman–Crippen LogP) is 4.13. The number of hydrogen-bond donors (Lipinski definition) is 1. The Balaban J connectivity index is 2.28. The molecule has 29 heavy (non-hydrogen) atoms. The number of halogens is 1. The summed E-state index contributed by atoms with van der Waals surface area (Å²) in [5, 5.41) is 10.1. The third-order valence-electron chi connectivity index (χ3n) is 4.48. The van der Waals surface area contributed by atoms with Gasteiger partial charge in [0.1, 0.15) is 23.2 Å². The predicted molar refractivity (Wildman–Crippen MR) is 109 cm³/mol. The zero-order chi connectivity index (χ0) is 21.0. The topological polar surface area (TPSA) is 94.6 Å². The highest BCUT2D eigenvalue weighted by Gasteiger charge is 2.39. The van der Waals surface area contributed by atoms with Crippen LogP contribution in [0.25, 0.3) is 5.76 Å². The SMILES string of the molecule is CCOC(=O)C1=C(c2ccc(OC)cc2)OC(N)=C(C#N)C1c1ccccc1Cl. The van der Waals surface area contributed by atoms with Gasteiger partial charge in [-0.05, 0) is 42.8 Å². The molecule has 0 aliphatic carbocycles. The van der Waals surface area contributed by atoms with Crippen molar-refractivity contribution in [2.24, 2.45) is 5.73 Å². The number of carbonyl (C=O) groups excluding carboxylic acids is 1. The van der Waals surface area contributed by atoms with Crippen LogP contribution in [0.2, 0.25) is 5.02 Å². The lowest BCUT2D eigenvalue weighted by atomic mass is 9.82. The van der Waals surface area contributed by atoms with Crippen LogP contribution in [0.15, 0.2) is 65.6 Å². The summed E-state index contributed by atoms with van der Waals surface area (Å²) in [6, 6.07) is 16.0. The number of ether oxygens (including phenoxy) is 3. The summed E-state index contributed by atoms with van der Waals surface area (Å²) < 4.78 is 16.2. The Kier molecular flexibility index (Phi) is 6.10. The van der Waals surface area contributed by atoms with Crippen LogP contribution in [-0.4, -0.2) is 19.7 Å². The van der Waals surface area contributed by atoms with E-state index in [1.165, 1.54) is 0 Å². The van der Waals surface area contributed by atoms with E-state index in [9.17, 15) is 10.1 Å². The molecule has 1 aliphatic heterocycles. The first-order chi connectivity index (χ1) is 14.0. The van der Waals surface area contributed by atoms with Gasteiger partial charge in [-0.3, -0.25) is 0 Å². The Bertz CT molecular complexity index is 1040. The van der Waals surface area contributed by atoms with Crippen molar-refractivity contribution < 1.29 is 19.0 Å². The molecule has 0 amide bonds. The van der Waals surface area contributed by atoms with Gasteiger partial charge in [0.25, 0.3) is 0 Å². The van der Waals surface area contributed by atoms with Crippen molar-refractivity contribution in [2.45, 2.75) is 12.8 Å². The van der Waals surface area contributed by atoms with Crippen LogP contribution in [0.4, 0.5) is 0 Å². The smallest absolute Gasteiger partial charge is 0.338 e. The number of hydrogen-bond acceptors (Lipinski definition) is 6. The minimum atomic E-state index is -0.821. The van der Waals surface area contributed by atoms with Crippen LogP contribution >= 0.6 is 11.6 Å². The molecule has 0 saturated carbocycles. The van der Waals surface area contributed by atoms with Gasteiger partial charge in [0.05, 0.1) is 25.2 Å². The molecular formula is C22H19ClN2O4. The maximum atomic E-state index is 13.0. The average molecular weight is 411 g/mol. The molecule has 148 valence electrons. The number of methoxy groups -OCH3 is 1. The third kappa shape index (κ3) is 3.91. The van der Waals surface area contributed by atoms with E-state index in [4.69, 9.17) is 31.5 Å². The van der Waals surface area contributed by atoms with Crippen LogP contribution in [0, 0.1) is 11.3 Å². The van der Waals surface area contributed by atoms with E-state index in [2.05, 4.69) is 6.07 Å². The molecule has 3 rings (SSSR count). The monoisotopic (exact) mass is 410 g/mol. The van der Waals surface area contributed by atoms with Gasteiger partial charge < -0.3 is 19.9 Å². The van der Waals surface area contributed by atoms with Crippen molar-refractivity contribution in [3.63, 3.8) is 0 Å². The number of nitrogens with two attached hydrogens (primary N) is 1. The van der Waals surface area contributed by atoms with E-state index in [0.29, 0.717) is 21.9 Å². The van der Waals surface area contributed by atoms with Gasteiger partial charge in [0.15, 0.2) is 0 Å². The minimum Gasteiger partial charge on any atom is -0.497 e. The molecule has 1 atom stereocenters. The lowest BCUT2D eigenvalue weighted by molar-refractivity contribution is -0.138. The van der Waals surface area contributed by atoms with E-state index < -0.39 is 11.9 Å². The van der Waals surface area contributed by atoms with E-state index >= 15 is 0 Å². The molecule has 0 bridgehead atoms. The van der Waals surface area contributed by atoms with Crippen LogP contribution in [0.5, 0.6) is 5.75 Å². The van der Waals surface area contributed by atoms with Gasteiger partial charge in [-0.1, -0.05) is 29.8 Å². The minimum absolute atomic E-state index is 0.0868. The number of esters is 1. The molecule has 7 heteroatoms. The Morgan fingerprint density at radius 1 is 1.24 bits per heavy atom. The Morgan fingerprint density at radius 3 is 2.52 bits per heavy atom. The maximum absolute atomic E-state index is 13.0. The van der Waals surface area contributed by atoms with Crippen molar-refractivity contribution in [1.82, 2.24) is 0 Å². The molecule has 0 saturated heterocycles. The number of nitriles is 1. The maximum Gasteiger partial charge on any atom is 0.338 e. The zero-order valence-electron chi connectivity index (χ0n) is 15.9. The summed E-state index contributed by atoms with van der Waals surface area (Å²) in [6.07, 6.45) is 0. The van der Waals surface area contributed by atoms with Crippen molar-refractivity contribution in [3.05, 3.63) is 81.7 Å². The van der Waals surface area contributed by atoms with Gasteiger partial charge in [-0.25, -0.2) is 4.79 Å². The number of rotatable bonds is 5.